The number of halogens is 2. The van der Waals surface area contributed by atoms with E-state index in [9.17, 15) is 9.18 Å². The number of aromatic nitrogens is 3. The van der Waals surface area contributed by atoms with Gasteiger partial charge in [-0.25, -0.2) is 14.1 Å². The highest BCUT2D eigenvalue weighted by Gasteiger charge is 2.14. The minimum atomic E-state index is -0.602. The Kier molecular flexibility index (Phi) is 3.29. The zero-order valence-electron chi connectivity index (χ0n) is 9.76. The predicted octanol–water partition coefficient (Wildman–Crippen LogP) is 1.76. The SMILES string of the molecule is CN(C)C(=O)c1ccn(-c2ncc(Cl)cc2F)n1. The number of amides is 1. The normalized spacial score (nSPS) is 10.4. The Morgan fingerprint density at radius 3 is 2.83 bits per heavy atom. The molecule has 1 amide bonds. The summed E-state index contributed by atoms with van der Waals surface area (Å²) in [6, 6.07) is 2.64. The lowest BCUT2D eigenvalue weighted by Gasteiger charge is -2.07. The summed E-state index contributed by atoms with van der Waals surface area (Å²) in [6.07, 6.45) is 2.78. The van der Waals surface area contributed by atoms with Crippen LogP contribution in [0.4, 0.5) is 4.39 Å². The van der Waals surface area contributed by atoms with Crippen molar-refractivity contribution in [3.05, 3.63) is 41.1 Å². The molecule has 0 radical (unpaired) electrons. The van der Waals surface area contributed by atoms with Crippen LogP contribution in [0, 0.1) is 5.82 Å². The number of carbonyl (C=O) groups excluding carboxylic acids is 1. The summed E-state index contributed by atoms with van der Waals surface area (Å²) in [6.45, 7) is 0. The highest BCUT2D eigenvalue weighted by molar-refractivity contribution is 6.30. The first-order valence-electron chi connectivity index (χ1n) is 5.08. The maximum absolute atomic E-state index is 13.6. The quantitative estimate of drug-likeness (QED) is 0.834. The average Bonchev–Trinajstić information content (AvgIpc) is 2.77. The molecule has 0 aliphatic heterocycles. The molecule has 0 unspecified atom stereocenters. The van der Waals surface area contributed by atoms with E-state index >= 15 is 0 Å². The number of rotatable bonds is 2. The van der Waals surface area contributed by atoms with E-state index in [1.807, 2.05) is 0 Å². The lowest BCUT2D eigenvalue weighted by atomic mass is 10.4. The van der Waals surface area contributed by atoms with Gasteiger partial charge in [0.2, 0.25) is 0 Å². The average molecular weight is 269 g/mol. The van der Waals surface area contributed by atoms with Gasteiger partial charge in [0.05, 0.1) is 5.02 Å². The fourth-order valence-corrected chi connectivity index (χ4v) is 1.51. The number of pyridine rings is 1. The van der Waals surface area contributed by atoms with E-state index in [1.165, 1.54) is 28.0 Å². The Balaban J connectivity index is 2.38. The van der Waals surface area contributed by atoms with Gasteiger partial charge in [-0.3, -0.25) is 4.79 Å². The van der Waals surface area contributed by atoms with Gasteiger partial charge in [0.15, 0.2) is 17.3 Å². The molecule has 7 heteroatoms. The van der Waals surface area contributed by atoms with Crippen LogP contribution in [0.1, 0.15) is 10.5 Å². The van der Waals surface area contributed by atoms with E-state index in [2.05, 4.69) is 10.1 Å². The summed E-state index contributed by atoms with van der Waals surface area (Å²) < 4.78 is 14.8. The molecule has 0 spiro atoms. The van der Waals surface area contributed by atoms with E-state index in [4.69, 9.17) is 11.6 Å². The summed E-state index contributed by atoms with van der Waals surface area (Å²) in [4.78, 5) is 16.9. The largest absolute Gasteiger partial charge is 0.343 e. The van der Waals surface area contributed by atoms with E-state index in [0.29, 0.717) is 0 Å². The van der Waals surface area contributed by atoms with E-state index < -0.39 is 5.82 Å². The van der Waals surface area contributed by atoms with Crippen molar-refractivity contribution in [2.75, 3.05) is 14.1 Å². The van der Waals surface area contributed by atoms with Crippen LogP contribution in [0.3, 0.4) is 0 Å². The molecule has 2 aromatic heterocycles. The van der Waals surface area contributed by atoms with Crippen molar-refractivity contribution in [2.45, 2.75) is 0 Å². The molecule has 2 rings (SSSR count). The van der Waals surface area contributed by atoms with Crippen molar-refractivity contribution in [1.29, 1.82) is 0 Å². The minimum Gasteiger partial charge on any atom is -0.343 e. The molecule has 18 heavy (non-hydrogen) atoms. The topological polar surface area (TPSA) is 51.0 Å². The zero-order valence-corrected chi connectivity index (χ0v) is 10.5. The highest BCUT2D eigenvalue weighted by atomic mass is 35.5. The van der Waals surface area contributed by atoms with Crippen LogP contribution in [-0.4, -0.2) is 39.7 Å². The summed E-state index contributed by atoms with van der Waals surface area (Å²) in [5.74, 6) is -0.866. The Morgan fingerprint density at radius 1 is 1.50 bits per heavy atom. The van der Waals surface area contributed by atoms with Gasteiger partial charge in [-0.2, -0.15) is 5.10 Å². The van der Waals surface area contributed by atoms with Crippen LogP contribution in [0.5, 0.6) is 0 Å². The first-order valence-corrected chi connectivity index (χ1v) is 5.45. The fraction of sp³-hybridized carbons (Fsp3) is 0.182. The second kappa shape index (κ2) is 4.73. The van der Waals surface area contributed by atoms with Crippen molar-refractivity contribution >= 4 is 17.5 Å². The van der Waals surface area contributed by atoms with Crippen molar-refractivity contribution in [1.82, 2.24) is 19.7 Å². The molecule has 0 saturated heterocycles. The first-order chi connectivity index (χ1) is 8.49. The lowest BCUT2D eigenvalue weighted by Crippen LogP contribution is -2.22. The molecule has 0 aliphatic carbocycles. The standard InChI is InChI=1S/C11H10ClFN4O/c1-16(2)11(18)9-3-4-17(15-9)10-8(13)5-7(12)6-14-10/h3-6H,1-2H3. The summed E-state index contributed by atoms with van der Waals surface area (Å²) >= 11 is 5.61. The Labute approximate surface area is 108 Å². The summed E-state index contributed by atoms with van der Waals surface area (Å²) in [7, 11) is 3.23. The monoisotopic (exact) mass is 268 g/mol. The number of nitrogens with zero attached hydrogens (tertiary/aromatic N) is 4. The molecule has 0 N–H and O–H groups in total. The third-order valence-electron chi connectivity index (χ3n) is 2.22. The smallest absolute Gasteiger partial charge is 0.273 e. The van der Waals surface area contributed by atoms with Gasteiger partial charge in [-0.05, 0) is 12.1 Å². The van der Waals surface area contributed by atoms with Gasteiger partial charge in [0.1, 0.15) is 0 Å². The number of hydrogen-bond acceptors (Lipinski definition) is 3. The molecular formula is C11H10ClFN4O. The highest BCUT2D eigenvalue weighted by Crippen LogP contribution is 2.15. The molecule has 94 valence electrons. The van der Waals surface area contributed by atoms with Crippen molar-refractivity contribution in [3.63, 3.8) is 0 Å². The van der Waals surface area contributed by atoms with Gasteiger partial charge in [0, 0.05) is 26.5 Å². The predicted molar refractivity (Wildman–Crippen MR) is 64.3 cm³/mol. The summed E-state index contributed by atoms with van der Waals surface area (Å²) in [5.41, 5.74) is 0.219. The maximum Gasteiger partial charge on any atom is 0.273 e. The van der Waals surface area contributed by atoms with Crippen LogP contribution >= 0.6 is 11.6 Å². The Morgan fingerprint density at radius 2 is 2.22 bits per heavy atom. The third kappa shape index (κ3) is 2.33. The van der Waals surface area contributed by atoms with Gasteiger partial charge < -0.3 is 4.90 Å². The number of hydrogen-bond donors (Lipinski definition) is 0. The van der Waals surface area contributed by atoms with Gasteiger partial charge in [0.25, 0.3) is 5.91 Å². The van der Waals surface area contributed by atoms with Gasteiger partial charge >= 0.3 is 0 Å². The maximum atomic E-state index is 13.6. The fourth-order valence-electron chi connectivity index (χ4n) is 1.36. The molecule has 0 atom stereocenters. The molecule has 2 aromatic rings. The van der Waals surface area contributed by atoms with Crippen LogP contribution in [-0.2, 0) is 0 Å². The summed E-state index contributed by atoms with van der Waals surface area (Å²) in [5, 5.41) is 4.17. The van der Waals surface area contributed by atoms with Crippen LogP contribution < -0.4 is 0 Å². The number of carbonyl (C=O) groups is 1. The lowest BCUT2D eigenvalue weighted by molar-refractivity contribution is 0.0821. The molecule has 0 aliphatic rings. The molecule has 5 nitrogen and oxygen atoms in total. The third-order valence-corrected chi connectivity index (χ3v) is 2.43. The van der Waals surface area contributed by atoms with E-state index in [1.54, 1.807) is 14.1 Å². The molecule has 0 aromatic carbocycles. The second-order valence-corrected chi connectivity index (χ2v) is 4.24. The van der Waals surface area contributed by atoms with Gasteiger partial charge in [-0.1, -0.05) is 11.6 Å². The Hall–Kier alpha value is -1.95. The van der Waals surface area contributed by atoms with Crippen LogP contribution in [0.15, 0.2) is 24.5 Å². The minimum absolute atomic E-state index is 0.00259. The molecule has 0 saturated carbocycles. The van der Waals surface area contributed by atoms with Crippen LogP contribution in [0.25, 0.3) is 5.82 Å². The van der Waals surface area contributed by atoms with Crippen molar-refractivity contribution < 1.29 is 9.18 Å². The van der Waals surface area contributed by atoms with Crippen molar-refractivity contribution in [2.24, 2.45) is 0 Å². The second-order valence-electron chi connectivity index (χ2n) is 3.80. The Bertz CT molecular complexity index is 596. The molecule has 0 fully saturated rings. The molecule has 2 heterocycles. The molecular weight excluding hydrogens is 259 g/mol. The van der Waals surface area contributed by atoms with E-state index in [0.717, 1.165) is 6.07 Å². The zero-order chi connectivity index (χ0) is 13.3. The van der Waals surface area contributed by atoms with E-state index in [-0.39, 0.29) is 22.4 Å². The van der Waals surface area contributed by atoms with Crippen molar-refractivity contribution in [3.8, 4) is 5.82 Å². The van der Waals surface area contributed by atoms with Crippen LogP contribution in [0.2, 0.25) is 5.02 Å². The molecule has 0 bridgehead atoms. The van der Waals surface area contributed by atoms with Gasteiger partial charge in [-0.15, -0.1) is 0 Å². The first kappa shape index (κ1) is 12.5.